The Bertz CT molecular complexity index is 3340. The number of rotatable bonds is 0. The van der Waals surface area contributed by atoms with Crippen LogP contribution in [0.3, 0.4) is 0 Å². The van der Waals surface area contributed by atoms with Crippen molar-refractivity contribution in [1.29, 1.82) is 0 Å². The highest BCUT2D eigenvalue weighted by Gasteiger charge is 2.43. The molecule has 12 heterocycles. The van der Waals surface area contributed by atoms with E-state index in [1.54, 1.807) is 0 Å². The van der Waals surface area contributed by atoms with Gasteiger partial charge in [0.2, 0.25) is 70.9 Å². The fraction of sp³-hybridized carbons (Fsp3) is 0.880. The minimum atomic E-state index is 0.263. The van der Waals surface area contributed by atoms with Crippen LogP contribution in [0.25, 0.3) is 0 Å². The van der Waals surface area contributed by atoms with Gasteiger partial charge in [0.05, 0.1) is 0 Å². The van der Waals surface area contributed by atoms with Crippen LogP contribution >= 0.6 is 0 Å². The van der Waals surface area contributed by atoms with E-state index in [1.807, 2.05) is 0 Å². The number of nitrogens with one attached hydrogen (secondary N) is 12. The molecule has 24 fully saturated rings. The molecule has 0 aromatic heterocycles. The summed E-state index contributed by atoms with van der Waals surface area (Å²) in [6, 6.07) is 2.17. The SMILES string of the molecule is O=C1CC2CCCC2CCN1.O=C1CC2CCCC2CN1.O=C1CC2CCCC2N1.O=C1CC2CCCCC2CN1.O=C1CC2CCCCC2N1.O=C1CCC2CCCC2CN1.O=C1CCC2CCCC2N1.O=C1CCC2CCCCC2CN1.O=C1CCC2CCCCC2N1.O=C1NCC2CCCC12.O=C1NCC2CCCCC12.O=C1NCCC2CCCC12. The molecule has 24 unspecified atom stereocenters. The molecule has 0 radical (unpaired) electrons. The van der Waals surface area contributed by atoms with E-state index in [1.165, 1.54) is 257 Å². The van der Waals surface area contributed by atoms with Crippen LogP contribution in [0, 0.1) is 118 Å². The van der Waals surface area contributed by atoms with Gasteiger partial charge in [-0.05, 0) is 274 Å². The molecule has 12 amide bonds. The Labute approximate surface area is 742 Å². The largest absolute Gasteiger partial charge is 0.356 e. The first-order chi connectivity index (χ1) is 60.4. The second-order valence-corrected chi connectivity index (χ2v) is 42.5. The first-order valence-electron chi connectivity index (χ1n) is 51.7. The summed E-state index contributed by atoms with van der Waals surface area (Å²) >= 11 is 0. The third kappa shape index (κ3) is 29.1. The molecule has 0 aromatic rings. The van der Waals surface area contributed by atoms with Crippen molar-refractivity contribution in [2.45, 2.75) is 384 Å². The van der Waals surface area contributed by atoms with Gasteiger partial charge in [-0.25, -0.2) is 0 Å². The Morgan fingerprint density at radius 2 is 0.395 bits per heavy atom. The van der Waals surface area contributed by atoms with Crippen molar-refractivity contribution in [3.05, 3.63) is 0 Å². The summed E-state index contributed by atoms with van der Waals surface area (Å²) < 4.78 is 0. The first-order valence-corrected chi connectivity index (χ1v) is 51.7. The maximum atomic E-state index is 11.2. The molecule has 24 atom stereocenters. The number of carbonyl (C=O) groups is 12. The summed E-state index contributed by atoms with van der Waals surface area (Å²) in [7, 11) is 0. The van der Waals surface area contributed by atoms with E-state index in [0.717, 1.165) is 232 Å². The van der Waals surface area contributed by atoms with Crippen LogP contribution in [0.2, 0.25) is 0 Å². The molecule has 24 rings (SSSR count). The van der Waals surface area contributed by atoms with Gasteiger partial charge in [0, 0.05) is 152 Å². The number of piperidine rings is 5. The van der Waals surface area contributed by atoms with Gasteiger partial charge in [0.25, 0.3) is 0 Å². The molecule has 24 aliphatic rings. The van der Waals surface area contributed by atoms with Gasteiger partial charge in [-0.3, -0.25) is 57.5 Å². The standard InChI is InChI=1S/C10H17NO.4C9H15NO.5C8H13NO.2C7H11NO/c12-10-6-5-8-3-1-2-4-9(8)7-11-10;11-9-6-8-3-1-2-7(8)4-5-10-9;11-9-5-4-7-2-1-3-8(7)6-10-9;11-9-5-7-3-1-2-4-8(7)6-10-9;11-9-6-5-7-3-1-2-4-8(7)10-9;10-8-4-6-2-1-3-7(6)5-9-8;10-8-7-3-1-2-6(7)4-5-9-8;10-8-5-4-6-2-1-3-7(6)9-8;10-8-7-4-2-1-3-6(7)5-9-8;10-8-5-6-3-1-2-4-7(6)9-8;9-7-6-3-1-2-5(6)4-8-7;9-7-4-5-2-1-3-6(5)8-7/h8-9H,1-7H2,(H,11,12);4*7-8H,1-6H2,(H,10,11);5*6-7H,1-5H2,(H,9,10);2*5-6H,1-4H2,(H,8,9). The summed E-state index contributed by atoms with van der Waals surface area (Å²) in [4.78, 5) is 132. The highest BCUT2D eigenvalue weighted by atomic mass is 16.2. The van der Waals surface area contributed by atoms with Gasteiger partial charge in [-0.1, -0.05) is 128 Å². The highest BCUT2D eigenvalue weighted by Crippen LogP contribution is 2.43. The van der Waals surface area contributed by atoms with Crippen molar-refractivity contribution in [3.8, 4) is 0 Å². The summed E-state index contributed by atoms with van der Waals surface area (Å²) in [6.45, 7) is 7.52. The molecule has 24 nitrogen and oxygen atoms in total. The number of hydrogen-bond donors (Lipinski definition) is 12. The van der Waals surface area contributed by atoms with E-state index in [9.17, 15) is 57.5 Å². The van der Waals surface area contributed by atoms with E-state index in [4.69, 9.17) is 0 Å². The molecule has 0 spiro atoms. The minimum absolute atomic E-state index is 0.263. The Morgan fingerprint density at radius 1 is 0.153 bits per heavy atom. The molecule has 12 aliphatic carbocycles. The Balaban J connectivity index is 0.000000116. The predicted octanol–water partition coefficient (Wildman–Crippen LogP) is 13.2. The maximum Gasteiger partial charge on any atom is 0.223 e. The molecular weight excluding hydrogens is 1560 g/mol. The Hall–Kier alpha value is -6.36. The molecule has 0 bridgehead atoms. The third-order valence-corrected chi connectivity index (χ3v) is 34.5. The van der Waals surface area contributed by atoms with Crippen molar-refractivity contribution in [2.24, 2.45) is 118 Å². The zero-order valence-electron chi connectivity index (χ0n) is 76.0. The predicted molar refractivity (Wildman–Crippen MR) is 480 cm³/mol. The van der Waals surface area contributed by atoms with Gasteiger partial charge in [-0.2, -0.15) is 0 Å². The quantitative estimate of drug-likeness (QED) is 0.108. The van der Waals surface area contributed by atoms with Crippen molar-refractivity contribution in [3.63, 3.8) is 0 Å². The maximum absolute atomic E-state index is 11.2. The van der Waals surface area contributed by atoms with Crippen LogP contribution in [0.1, 0.15) is 360 Å². The zero-order chi connectivity index (χ0) is 86.5. The Morgan fingerprint density at radius 3 is 0.879 bits per heavy atom. The fourth-order valence-corrected chi connectivity index (χ4v) is 27.1. The van der Waals surface area contributed by atoms with Crippen LogP contribution in [-0.4, -0.2) is 147 Å². The molecule has 0 aromatic carbocycles. The van der Waals surface area contributed by atoms with Crippen LogP contribution in [0.5, 0.6) is 0 Å². The van der Waals surface area contributed by atoms with Crippen molar-refractivity contribution >= 4 is 70.9 Å². The monoisotopic (exact) mass is 1730 g/mol. The topological polar surface area (TPSA) is 349 Å². The van der Waals surface area contributed by atoms with Gasteiger partial charge < -0.3 is 63.8 Å². The average molecular weight is 1730 g/mol. The fourth-order valence-electron chi connectivity index (χ4n) is 27.1. The third-order valence-electron chi connectivity index (χ3n) is 34.5. The van der Waals surface area contributed by atoms with Crippen LogP contribution in [0.4, 0.5) is 0 Å². The van der Waals surface area contributed by atoms with Crippen LogP contribution < -0.4 is 63.8 Å². The minimum Gasteiger partial charge on any atom is -0.356 e. The van der Waals surface area contributed by atoms with E-state index in [2.05, 4.69) is 63.8 Å². The molecule has 12 saturated heterocycles. The normalized spacial score (nSPS) is 38.5. The number of hydrogen-bond acceptors (Lipinski definition) is 12. The summed E-state index contributed by atoms with van der Waals surface area (Å²) in [5.41, 5.74) is 0. The lowest BCUT2D eigenvalue weighted by Gasteiger charge is -2.35. The first kappa shape index (κ1) is 95.2. The summed E-state index contributed by atoms with van der Waals surface area (Å²) in [6.07, 6.45) is 67.2. The highest BCUT2D eigenvalue weighted by molar-refractivity contribution is 5.83. The van der Waals surface area contributed by atoms with Crippen molar-refractivity contribution in [2.75, 3.05) is 52.4 Å². The lowest BCUT2D eigenvalue weighted by molar-refractivity contribution is -0.128. The van der Waals surface area contributed by atoms with E-state index in [-0.39, 0.29) is 53.2 Å². The lowest BCUT2D eigenvalue weighted by atomic mass is 9.75. The van der Waals surface area contributed by atoms with E-state index in [0.29, 0.717) is 83.3 Å². The van der Waals surface area contributed by atoms with Crippen molar-refractivity contribution in [1.82, 2.24) is 63.8 Å². The molecule has 124 heavy (non-hydrogen) atoms. The number of carbonyl (C=O) groups excluding carboxylic acids is 12. The summed E-state index contributed by atoms with van der Waals surface area (Å²) in [5, 5.41) is 35.6. The molecule has 696 valence electrons. The number of amides is 12. The molecule has 12 saturated carbocycles. The van der Waals surface area contributed by atoms with Gasteiger partial charge in [-0.15, -0.1) is 0 Å². The Kier molecular flexibility index (Phi) is 38.0. The average Bonchev–Trinajstić information content (AvgIpc) is 1.71. The zero-order valence-corrected chi connectivity index (χ0v) is 76.0. The smallest absolute Gasteiger partial charge is 0.223 e. The van der Waals surface area contributed by atoms with Crippen LogP contribution in [-0.2, 0) is 57.5 Å². The van der Waals surface area contributed by atoms with Gasteiger partial charge in [0.15, 0.2) is 0 Å². The molecular formula is C100H164N12O12. The van der Waals surface area contributed by atoms with Gasteiger partial charge in [0.1, 0.15) is 0 Å². The van der Waals surface area contributed by atoms with E-state index >= 15 is 0 Å². The lowest BCUT2D eigenvalue weighted by Crippen LogP contribution is -2.46. The summed E-state index contributed by atoms with van der Waals surface area (Å²) in [5.74, 6) is 17.6. The molecule has 12 N–H and O–H groups in total. The molecule has 24 heteroatoms. The second-order valence-electron chi connectivity index (χ2n) is 42.5. The number of fused-ring (bicyclic) bond motifs is 12. The van der Waals surface area contributed by atoms with Crippen molar-refractivity contribution < 1.29 is 57.5 Å². The second kappa shape index (κ2) is 49.4. The molecule has 12 aliphatic heterocycles. The van der Waals surface area contributed by atoms with Gasteiger partial charge >= 0.3 is 0 Å². The van der Waals surface area contributed by atoms with Crippen LogP contribution in [0.15, 0.2) is 0 Å². The van der Waals surface area contributed by atoms with E-state index < -0.39 is 0 Å².